The Labute approximate surface area is 165 Å². The van der Waals surface area contributed by atoms with Crippen LogP contribution in [0.1, 0.15) is 11.1 Å². The molecule has 0 atom stereocenters. The molecular weight excluding hydrogens is 416 g/mol. The van der Waals surface area contributed by atoms with Crippen molar-refractivity contribution < 1.29 is 9.53 Å². The average molecular weight is 430 g/mol. The third-order valence-electron chi connectivity index (χ3n) is 3.27. The van der Waals surface area contributed by atoms with Gasteiger partial charge in [0.05, 0.1) is 9.50 Å². The number of rotatable bonds is 5. The number of terminal acetylenes is 1. The topological polar surface area (TPSA) is 62.1 Å². The van der Waals surface area contributed by atoms with Gasteiger partial charge in [-0.2, -0.15) is 5.26 Å². The molecule has 1 amide bonds. The van der Waals surface area contributed by atoms with E-state index >= 15 is 0 Å². The van der Waals surface area contributed by atoms with Gasteiger partial charge >= 0.3 is 0 Å². The first-order valence-electron chi connectivity index (χ1n) is 7.49. The summed E-state index contributed by atoms with van der Waals surface area (Å²) < 4.78 is 5.93. The number of aryl methyl sites for hydroxylation is 1. The summed E-state index contributed by atoms with van der Waals surface area (Å²) in [6, 6.07) is 12.5. The highest BCUT2D eigenvalue weighted by Crippen LogP contribution is 2.35. The maximum absolute atomic E-state index is 12.3. The fourth-order valence-corrected chi connectivity index (χ4v) is 3.14. The predicted molar refractivity (Wildman–Crippen MR) is 107 cm³/mol. The Morgan fingerprint density at radius 3 is 2.81 bits per heavy atom. The van der Waals surface area contributed by atoms with Crippen molar-refractivity contribution in [3.8, 4) is 24.2 Å². The molecule has 2 aromatic carbocycles. The van der Waals surface area contributed by atoms with Crippen LogP contribution in [-0.4, -0.2) is 12.5 Å². The van der Waals surface area contributed by atoms with Crippen molar-refractivity contribution in [2.24, 2.45) is 0 Å². The first kappa shape index (κ1) is 19.6. The van der Waals surface area contributed by atoms with E-state index in [0.29, 0.717) is 26.5 Å². The van der Waals surface area contributed by atoms with Crippen molar-refractivity contribution in [3.63, 3.8) is 0 Å². The number of hydrogen-bond acceptors (Lipinski definition) is 3. The monoisotopic (exact) mass is 428 g/mol. The highest BCUT2D eigenvalue weighted by molar-refractivity contribution is 9.10. The number of amides is 1. The van der Waals surface area contributed by atoms with Crippen molar-refractivity contribution in [2.75, 3.05) is 11.9 Å². The minimum Gasteiger partial charge on any atom is -0.478 e. The molecule has 0 aliphatic rings. The molecule has 6 heteroatoms. The van der Waals surface area contributed by atoms with Crippen molar-refractivity contribution >= 4 is 45.2 Å². The van der Waals surface area contributed by atoms with E-state index in [1.807, 2.05) is 31.2 Å². The summed E-state index contributed by atoms with van der Waals surface area (Å²) in [5.74, 6) is 2.26. The largest absolute Gasteiger partial charge is 0.478 e. The number of benzene rings is 2. The number of nitrogens with one attached hydrogen (secondary N) is 1. The number of anilines is 1. The zero-order valence-corrected chi connectivity index (χ0v) is 16.2. The Balaban J connectivity index is 2.27. The molecule has 0 unspecified atom stereocenters. The van der Waals surface area contributed by atoms with Crippen LogP contribution in [0.2, 0.25) is 5.02 Å². The molecule has 0 saturated heterocycles. The minimum atomic E-state index is -0.502. The van der Waals surface area contributed by atoms with Gasteiger partial charge in [0.1, 0.15) is 18.2 Å². The molecule has 26 heavy (non-hydrogen) atoms. The number of halogens is 2. The second kappa shape index (κ2) is 9.10. The van der Waals surface area contributed by atoms with Gasteiger partial charge in [0.25, 0.3) is 5.91 Å². The second-order valence-corrected chi connectivity index (χ2v) is 6.56. The molecule has 0 radical (unpaired) electrons. The van der Waals surface area contributed by atoms with Crippen LogP contribution in [-0.2, 0) is 4.79 Å². The van der Waals surface area contributed by atoms with Crippen molar-refractivity contribution in [1.29, 1.82) is 5.26 Å². The third-order valence-corrected chi connectivity index (χ3v) is 4.14. The molecule has 2 rings (SSSR count). The third kappa shape index (κ3) is 5.13. The molecule has 1 N–H and O–H groups in total. The van der Waals surface area contributed by atoms with Gasteiger partial charge in [-0.15, -0.1) is 6.42 Å². The number of nitrogens with zero attached hydrogens (tertiary/aromatic N) is 1. The highest BCUT2D eigenvalue weighted by atomic mass is 79.9. The summed E-state index contributed by atoms with van der Waals surface area (Å²) in [5.41, 5.74) is 2.15. The summed E-state index contributed by atoms with van der Waals surface area (Å²) in [5, 5.41) is 12.3. The van der Waals surface area contributed by atoms with Crippen LogP contribution in [0.25, 0.3) is 6.08 Å². The van der Waals surface area contributed by atoms with Gasteiger partial charge < -0.3 is 10.1 Å². The molecular formula is C20H14BrClN2O2. The lowest BCUT2D eigenvalue weighted by Crippen LogP contribution is -2.13. The number of carbonyl (C=O) groups is 1. The zero-order valence-electron chi connectivity index (χ0n) is 13.8. The maximum atomic E-state index is 12.3. The number of nitriles is 1. The van der Waals surface area contributed by atoms with Gasteiger partial charge in [0, 0.05) is 5.69 Å². The Bertz CT molecular complexity index is 932. The van der Waals surface area contributed by atoms with E-state index in [1.165, 1.54) is 6.08 Å². The molecule has 0 heterocycles. The van der Waals surface area contributed by atoms with Gasteiger partial charge in [-0.25, -0.2) is 0 Å². The van der Waals surface area contributed by atoms with Crippen molar-refractivity contribution in [3.05, 3.63) is 62.6 Å². The van der Waals surface area contributed by atoms with E-state index in [9.17, 15) is 10.1 Å². The summed E-state index contributed by atoms with van der Waals surface area (Å²) in [4.78, 5) is 12.3. The van der Waals surface area contributed by atoms with Crippen LogP contribution in [0.3, 0.4) is 0 Å². The molecule has 0 aliphatic carbocycles. The van der Waals surface area contributed by atoms with Crippen LogP contribution in [0.15, 0.2) is 46.4 Å². The summed E-state index contributed by atoms with van der Waals surface area (Å²) >= 11 is 9.54. The molecule has 0 bridgehead atoms. The fourth-order valence-electron chi connectivity index (χ4n) is 2.15. The number of hydrogen-bond donors (Lipinski definition) is 1. The lowest BCUT2D eigenvalue weighted by atomic mass is 10.1. The fraction of sp³-hybridized carbons (Fsp3) is 0.100. The summed E-state index contributed by atoms with van der Waals surface area (Å²) in [6.07, 6.45) is 6.62. The summed E-state index contributed by atoms with van der Waals surface area (Å²) in [7, 11) is 0. The molecule has 0 aliphatic heterocycles. The molecule has 0 aromatic heterocycles. The lowest BCUT2D eigenvalue weighted by Gasteiger charge is -2.09. The van der Waals surface area contributed by atoms with E-state index in [1.54, 1.807) is 18.2 Å². The van der Waals surface area contributed by atoms with Crippen molar-refractivity contribution in [2.45, 2.75) is 6.92 Å². The number of carbonyl (C=O) groups excluding carboxylic acids is 1. The summed E-state index contributed by atoms with van der Waals surface area (Å²) in [6.45, 7) is 2.00. The van der Waals surface area contributed by atoms with Crippen LogP contribution in [0.4, 0.5) is 5.69 Å². The van der Waals surface area contributed by atoms with Crippen LogP contribution >= 0.6 is 27.5 Å². The predicted octanol–water partition coefficient (Wildman–Crippen LogP) is 4.97. The Hall–Kier alpha value is -2.73. The molecule has 0 saturated carbocycles. The van der Waals surface area contributed by atoms with E-state index in [0.717, 1.165) is 5.56 Å². The highest BCUT2D eigenvalue weighted by Gasteiger charge is 2.12. The maximum Gasteiger partial charge on any atom is 0.266 e. The quantitative estimate of drug-likeness (QED) is 0.415. The molecule has 0 fully saturated rings. The lowest BCUT2D eigenvalue weighted by molar-refractivity contribution is -0.112. The standard InChI is InChI=1S/C20H14BrClN2O2/c1-3-7-26-19-17(21)10-14(11-18(19)22)9-15(12-23)20(25)24-16-6-4-5-13(2)8-16/h1,4-6,8-11H,7H2,2H3,(H,24,25)/b15-9-. The van der Waals surface area contributed by atoms with E-state index < -0.39 is 5.91 Å². The van der Waals surface area contributed by atoms with Crippen LogP contribution < -0.4 is 10.1 Å². The molecule has 130 valence electrons. The van der Waals surface area contributed by atoms with E-state index in [-0.39, 0.29) is 12.2 Å². The SMILES string of the molecule is C#CCOc1c(Cl)cc(/C=C(/C#N)C(=O)Nc2cccc(C)c2)cc1Br. The smallest absolute Gasteiger partial charge is 0.266 e. The first-order chi connectivity index (χ1) is 12.4. The molecule has 4 nitrogen and oxygen atoms in total. The van der Waals surface area contributed by atoms with Gasteiger partial charge in [0.15, 0.2) is 5.75 Å². The van der Waals surface area contributed by atoms with Gasteiger partial charge in [-0.3, -0.25) is 4.79 Å². The first-order valence-corrected chi connectivity index (χ1v) is 8.67. The Morgan fingerprint density at radius 2 is 2.19 bits per heavy atom. The minimum absolute atomic E-state index is 0.0493. The van der Waals surface area contributed by atoms with Gasteiger partial charge in [-0.05, 0) is 64.3 Å². The molecule has 0 spiro atoms. The molecule has 2 aromatic rings. The second-order valence-electron chi connectivity index (χ2n) is 5.30. The normalized spacial score (nSPS) is 10.6. The van der Waals surface area contributed by atoms with E-state index in [2.05, 4.69) is 27.2 Å². The Morgan fingerprint density at radius 1 is 1.42 bits per heavy atom. The van der Waals surface area contributed by atoms with Gasteiger partial charge in [-0.1, -0.05) is 29.7 Å². The van der Waals surface area contributed by atoms with Gasteiger partial charge in [0.2, 0.25) is 0 Å². The number of ether oxygens (including phenoxy) is 1. The van der Waals surface area contributed by atoms with E-state index in [4.69, 9.17) is 22.8 Å². The Kier molecular flexibility index (Phi) is 6.86. The van der Waals surface area contributed by atoms with Crippen molar-refractivity contribution in [1.82, 2.24) is 0 Å². The van der Waals surface area contributed by atoms with Crippen LogP contribution in [0, 0.1) is 30.6 Å². The average Bonchev–Trinajstić information content (AvgIpc) is 2.59. The van der Waals surface area contributed by atoms with Crippen LogP contribution in [0.5, 0.6) is 5.75 Å². The zero-order chi connectivity index (χ0) is 19.1.